The summed E-state index contributed by atoms with van der Waals surface area (Å²) in [6.07, 6.45) is 5.48. The monoisotopic (exact) mass is 220 g/mol. The largest absolute Gasteiger partial charge is 0.468 e. The molecule has 1 aliphatic rings. The van der Waals surface area contributed by atoms with E-state index in [1.807, 2.05) is 12.3 Å². The number of carbonyl (C=O) groups excluding carboxylic acids is 1. The van der Waals surface area contributed by atoms with E-state index in [1.165, 1.54) is 12.7 Å². The SMILES string of the molecule is COC(=O)C1CC(c2cccnc2)CCN1. The first-order valence-electron chi connectivity index (χ1n) is 5.52. The fraction of sp³-hybridized carbons (Fsp3) is 0.500. The Bertz CT molecular complexity index is 353. The van der Waals surface area contributed by atoms with E-state index in [2.05, 4.69) is 16.4 Å². The lowest BCUT2D eigenvalue weighted by molar-refractivity contribution is -0.143. The molecule has 16 heavy (non-hydrogen) atoms. The molecule has 1 aliphatic heterocycles. The van der Waals surface area contributed by atoms with Gasteiger partial charge in [0.25, 0.3) is 0 Å². The summed E-state index contributed by atoms with van der Waals surface area (Å²) in [5.74, 6) is 0.229. The second-order valence-corrected chi connectivity index (χ2v) is 4.04. The first-order valence-corrected chi connectivity index (χ1v) is 5.52. The maximum absolute atomic E-state index is 11.4. The molecule has 0 radical (unpaired) electrons. The van der Waals surface area contributed by atoms with Crippen molar-refractivity contribution in [3.63, 3.8) is 0 Å². The van der Waals surface area contributed by atoms with Gasteiger partial charge in [0.1, 0.15) is 6.04 Å². The highest BCUT2D eigenvalue weighted by Crippen LogP contribution is 2.27. The van der Waals surface area contributed by atoms with Gasteiger partial charge in [-0.25, -0.2) is 0 Å². The van der Waals surface area contributed by atoms with Crippen LogP contribution in [0.1, 0.15) is 24.3 Å². The van der Waals surface area contributed by atoms with Gasteiger partial charge in [-0.1, -0.05) is 6.07 Å². The lowest BCUT2D eigenvalue weighted by Gasteiger charge is -2.28. The molecule has 2 atom stereocenters. The molecular formula is C12H16N2O2. The van der Waals surface area contributed by atoms with E-state index in [4.69, 9.17) is 4.74 Å². The Hall–Kier alpha value is -1.42. The third-order valence-electron chi connectivity index (χ3n) is 3.05. The van der Waals surface area contributed by atoms with Crippen molar-refractivity contribution in [1.82, 2.24) is 10.3 Å². The van der Waals surface area contributed by atoms with Crippen LogP contribution in [-0.2, 0) is 9.53 Å². The van der Waals surface area contributed by atoms with E-state index in [0.717, 1.165) is 19.4 Å². The van der Waals surface area contributed by atoms with Gasteiger partial charge in [0.05, 0.1) is 7.11 Å². The lowest BCUT2D eigenvalue weighted by Crippen LogP contribution is -2.43. The third kappa shape index (κ3) is 2.39. The molecule has 0 amide bonds. The molecule has 0 saturated carbocycles. The summed E-state index contributed by atoms with van der Waals surface area (Å²) in [6.45, 7) is 0.847. The van der Waals surface area contributed by atoms with Crippen molar-refractivity contribution in [2.75, 3.05) is 13.7 Å². The molecule has 4 nitrogen and oxygen atoms in total. The van der Waals surface area contributed by atoms with E-state index in [-0.39, 0.29) is 12.0 Å². The van der Waals surface area contributed by atoms with Crippen LogP contribution < -0.4 is 5.32 Å². The first kappa shape index (κ1) is 11.1. The minimum Gasteiger partial charge on any atom is -0.468 e. The minimum absolute atomic E-state index is 0.173. The Labute approximate surface area is 95.0 Å². The first-order chi connectivity index (χ1) is 7.81. The second-order valence-electron chi connectivity index (χ2n) is 4.04. The van der Waals surface area contributed by atoms with Gasteiger partial charge in [-0.2, -0.15) is 0 Å². The Kier molecular flexibility index (Phi) is 3.51. The van der Waals surface area contributed by atoms with Gasteiger partial charge < -0.3 is 10.1 Å². The van der Waals surface area contributed by atoms with Crippen molar-refractivity contribution in [3.8, 4) is 0 Å². The zero-order valence-electron chi connectivity index (χ0n) is 9.35. The van der Waals surface area contributed by atoms with Crippen LogP contribution in [0.3, 0.4) is 0 Å². The van der Waals surface area contributed by atoms with Crippen LogP contribution in [0.15, 0.2) is 24.5 Å². The van der Waals surface area contributed by atoms with Crippen LogP contribution in [0.25, 0.3) is 0 Å². The number of aromatic nitrogens is 1. The molecule has 1 saturated heterocycles. The smallest absolute Gasteiger partial charge is 0.322 e. The molecule has 4 heteroatoms. The molecule has 1 N–H and O–H groups in total. The molecule has 2 heterocycles. The molecule has 1 fully saturated rings. The predicted octanol–water partition coefficient (Wildman–Crippen LogP) is 1.09. The number of hydrogen-bond acceptors (Lipinski definition) is 4. The van der Waals surface area contributed by atoms with Gasteiger partial charge in [-0.3, -0.25) is 9.78 Å². The standard InChI is InChI=1S/C12H16N2O2/c1-16-12(15)11-7-9(4-6-14-11)10-3-2-5-13-8-10/h2-3,5,8-9,11,14H,4,6-7H2,1H3. The van der Waals surface area contributed by atoms with Crippen LogP contribution in [-0.4, -0.2) is 30.6 Å². The van der Waals surface area contributed by atoms with Crippen molar-refractivity contribution in [2.45, 2.75) is 24.8 Å². The van der Waals surface area contributed by atoms with Crippen LogP contribution in [0.2, 0.25) is 0 Å². The number of methoxy groups -OCH3 is 1. The highest BCUT2D eigenvalue weighted by Gasteiger charge is 2.28. The van der Waals surface area contributed by atoms with Crippen molar-refractivity contribution >= 4 is 5.97 Å². The molecule has 2 rings (SSSR count). The summed E-state index contributed by atoms with van der Waals surface area (Å²) < 4.78 is 4.76. The molecule has 1 aromatic heterocycles. The third-order valence-corrected chi connectivity index (χ3v) is 3.05. The summed E-state index contributed by atoms with van der Waals surface area (Å²) in [5.41, 5.74) is 1.21. The number of carbonyl (C=O) groups is 1. The topological polar surface area (TPSA) is 51.2 Å². The quantitative estimate of drug-likeness (QED) is 0.758. The second kappa shape index (κ2) is 5.07. The van der Waals surface area contributed by atoms with E-state index >= 15 is 0 Å². The number of nitrogens with one attached hydrogen (secondary N) is 1. The maximum Gasteiger partial charge on any atom is 0.322 e. The predicted molar refractivity (Wildman–Crippen MR) is 60.0 cm³/mol. The number of hydrogen-bond donors (Lipinski definition) is 1. The summed E-state index contributed by atoms with van der Waals surface area (Å²) in [5, 5.41) is 3.17. The van der Waals surface area contributed by atoms with Crippen LogP contribution in [0.4, 0.5) is 0 Å². The number of ether oxygens (including phenoxy) is 1. The van der Waals surface area contributed by atoms with Crippen LogP contribution in [0, 0.1) is 0 Å². The molecule has 2 unspecified atom stereocenters. The molecule has 0 bridgehead atoms. The van der Waals surface area contributed by atoms with Crippen molar-refractivity contribution < 1.29 is 9.53 Å². The average molecular weight is 220 g/mol. The van der Waals surface area contributed by atoms with Crippen LogP contribution in [0.5, 0.6) is 0 Å². The highest BCUT2D eigenvalue weighted by atomic mass is 16.5. The number of pyridine rings is 1. The lowest BCUT2D eigenvalue weighted by atomic mass is 9.87. The number of rotatable bonds is 2. The number of esters is 1. The maximum atomic E-state index is 11.4. The van der Waals surface area contributed by atoms with Gasteiger partial charge in [-0.15, -0.1) is 0 Å². The van der Waals surface area contributed by atoms with Gasteiger partial charge in [0.2, 0.25) is 0 Å². The molecule has 1 aromatic rings. The van der Waals surface area contributed by atoms with E-state index in [1.54, 1.807) is 6.20 Å². The van der Waals surface area contributed by atoms with Crippen molar-refractivity contribution in [2.24, 2.45) is 0 Å². The molecule has 0 aliphatic carbocycles. The average Bonchev–Trinajstić information content (AvgIpc) is 2.39. The summed E-state index contributed by atoms with van der Waals surface area (Å²) in [6, 6.07) is 3.82. The van der Waals surface area contributed by atoms with E-state index in [0.29, 0.717) is 5.92 Å². The van der Waals surface area contributed by atoms with Crippen molar-refractivity contribution in [1.29, 1.82) is 0 Å². The van der Waals surface area contributed by atoms with Gasteiger partial charge in [0, 0.05) is 12.4 Å². The van der Waals surface area contributed by atoms with Gasteiger partial charge in [-0.05, 0) is 36.9 Å². The highest BCUT2D eigenvalue weighted by molar-refractivity contribution is 5.75. The molecule has 86 valence electrons. The Morgan fingerprint density at radius 2 is 2.50 bits per heavy atom. The molecule has 0 spiro atoms. The van der Waals surface area contributed by atoms with Gasteiger partial charge in [0.15, 0.2) is 0 Å². The minimum atomic E-state index is -0.177. The molecule has 0 aromatic carbocycles. The normalized spacial score (nSPS) is 25.1. The van der Waals surface area contributed by atoms with Crippen molar-refractivity contribution in [3.05, 3.63) is 30.1 Å². The Morgan fingerprint density at radius 1 is 1.62 bits per heavy atom. The van der Waals surface area contributed by atoms with E-state index in [9.17, 15) is 4.79 Å². The summed E-state index contributed by atoms with van der Waals surface area (Å²) >= 11 is 0. The number of nitrogens with zero attached hydrogens (tertiary/aromatic N) is 1. The Morgan fingerprint density at radius 3 is 3.19 bits per heavy atom. The zero-order chi connectivity index (χ0) is 11.4. The van der Waals surface area contributed by atoms with Gasteiger partial charge >= 0.3 is 5.97 Å². The fourth-order valence-corrected chi connectivity index (χ4v) is 2.16. The summed E-state index contributed by atoms with van der Waals surface area (Å²) in [4.78, 5) is 15.6. The number of piperidine rings is 1. The van der Waals surface area contributed by atoms with Crippen LogP contribution >= 0.6 is 0 Å². The molecular weight excluding hydrogens is 204 g/mol. The summed E-state index contributed by atoms with van der Waals surface area (Å²) in [7, 11) is 1.43. The Balaban J connectivity index is 2.05. The zero-order valence-corrected chi connectivity index (χ0v) is 9.35. The fourth-order valence-electron chi connectivity index (χ4n) is 2.16. The van der Waals surface area contributed by atoms with E-state index < -0.39 is 0 Å².